The zero-order valence-electron chi connectivity index (χ0n) is 17.3. The molecule has 0 radical (unpaired) electrons. The Morgan fingerprint density at radius 1 is 1.07 bits per heavy atom. The van der Waals surface area contributed by atoms with E-state index in [2.05, 4.69) is 35.2 Å². The van der Waals surface area contributed by atoms with Crippen molar-refractivity contribution in [3.8, 4) is 17.6 Å². The van der Waals surface area contributed by atoms with Crippen molar-refractivity contribution in [1.82, 2.24) is 14.1 Å². The minimum absolute atomic E-state index is 0.632. The second kappa shape index (κ2) is 9.49. The Hall–Kier alpha value is -2.27. The third kappa shape index (κ3) is 5.63. The first-order valence-corrected chi connectivity index (χ1v) is 10.7. The van der Waals surface area contributed by atoms with E-state index >= 15 is 0 Å². The number of nitrogens with zero attached hydrogens (tertiary/aromatic N) is 4. The van der Waals surface area contributed by atoms with Gasteiger partial charge in [-0.2, -0.15) is 5.26 Å². The van der Waals surface area contributed by atoms with Crippen LogP contribution in [0.15, 0.2) is 41.3 Å². The number of thiocarbonyl (C=S) groups is 1. The van der Waals surface area contributed by atoms with E-state index < -0.39 is 0 Å². The molecular weight excluding hydrogens is 400 g/mol. The molecule has 2 aromatic carbocycles. The van der Waals surface area contributed by atoms with Crippen LogP contribution in [0, 0.1) is 25.2 Å². The van der Waals surface area contributed by atoms with Gasteiger partial charge in [-0.25, -0.2) is 4.31 Å². The van der Waals surface area contributed by atoms with Gasteiger partial charge in [0.15, 0.2) is 5.11 Å². The zero-order chi connectivity index (χ0) is 21.0. The molecule has 29 heavy (non-hydrogen) atoms. The van der Waals surface area contributed by atoms with Crippen molar-refractivity contribution in [3.63, 3.8) is 0 Å². The number of aryl methyl sites for hydroxylation is 2. The summed E-state index contributed by atoms with van der Waals surface area (Å²) < 4.78 is 8.51. The van der Waals surface area contributed by atoms with Gasteiger partial charge in [0.2, 0.25) is 0 Å². The molecule has 1 aliphatic rings. The number of piperazine rings is 1. The average molecular weight is 427 g/mol. The smallest absolute Gasteiger partial charge is 0.171 e. The van der Waals surface area contributed by atoms with Crippen LogP contribution in [0.3, 0.4) is 0 Å². The van der Waals surface area contributed by atoms with Crippen molar-refractivity contribution in [1.29, 1.82) is 5.26 Å². The number of hydrogen-bond acceptors (Lipinski definition) is 5. The fraction of sp³-hybridized carbons (Fsp3) is 0.364. The minimum Gasteiger partial charge on any atom is -0.456 e. The van der Waals surface area contributed by atoms with Gasteiger partial charge in [-0.15, -0.1) is 0 Å². The summed E-state index contributed by atoms with van der Waals surface area (Å²) in [5, 5.41) is 10.2. The Morgan fingerprint density at radius 3 is 2.31 bits per heavy atom. The summed E-state index contributed by atoms with van der Waals surface area (Å²) >= 11 is 7.13. The van der Waals surface area contributed by atoms with Crippen LogP contribution in [0.2, 0.25) is 0 Å². The molecule has 5 nitrogen and oxygen atoms in total. The molecule has 0 saturated carbocycles. The molecule has 0 unspecified atom stereocenters. The molecule has 0 spiro atoms. The lowest BCUT2D eigenvalue weighted by atomic mass is 10.1. The Morgan fingerprint density at radius 2 is 1.72 bits per heavy atom. The predicted molar refractivity (Wildman–Crippen MR) is 122 cm³/mol. The topological polar surface area (TPSA) is 42.7 Å². The van der Waals surface area contributed by atoms with Crippen molar-refractivity contribution in [3.05, 3.63) is 53.1 Å². The van der Waals surface area contributed by atoms with Crippen LogP contribution in [-0.2, 0) is 0 Å². The normalized spacial score (nSPS) is 14.4. The number of hydrogen-bond donors (Lipinski definition) is 0. The third-order valence-electron chi connectivity index (χ3n) is 4.62. The van der Waals surface area contributed by atoms with Gasteiger partial charge in [-0.1, -0.05) is 6.07 Å². The maximum atomic E-state index is 9.33. The number of benzene rings is 2. The highest BCUT2D eigenvalue weighted by Gasteiger charge is 2.22. The first-order chi connectivity index (χ1) is 13.9. The van der Waals surface area contributed by atoms with Crippen molar-refractivity contribution in [2.24, 2.45) is 0 Å². The van der Waals surface area contributed by atoms with Crippen molar-refractivity contribution in [2.75, 3.05) is 40.3 Å². The van der Waals surface area contributed by atoms with Gasteiger partial charge in [-0.05, 0) is 79.5 Å². The van der Waals surface area contributed by atoms with E-state index in [1.165, 1.54) is 0 Å². The van der Waals surface area contributed by atoms with E-state index in [0.717, 1.165) is 58.8 Å². The highest BCUT2D eigenvalue weighted by atomic mass is 32.2. The van der Waals surface area contributed by atoms with Crippen LogP contribution in [0.25, 0.3) is 0 Å². The van der Waals surface area contributed by atoms with Crippen LogP contribution in [-0.4, -0.2) is 59.5 Å². The fourth-order valence-corrected chi connectivity index (χ4v) is 4.43. The molecule has 0 amide bonds. The summed E-state index contributed by atoms with van der Waals surface area (Å²) in [6.07, 6.45) is 0. The number of rotatable bonds is 4. The Bertz CT molecular complexity index is 911. The van der Waals surface area contributed by atoms with Gasteiger partial charge in [0.05, 0.1) is 16.5 Å². The maximum Gasteiger partial charge on any atom is 0.171 e. The summed E-state index contributed by atoms with van der Waals surface area (Å²) in [4.78, 5) is 5.15. The molecular formula is C22H26N4OS2. The van der Waals surface area contributed by atoms with E-state index in [-0.39, 0.29) is 0 Å². The highest BCUT2D eigenvalue weighted by Crippen LogP contribution is 2.36. The number of nitriles is 1. The van der Waals surface area contributed by atoms with E-state index in [9.17, 15) is 5.26 Å². The molecule has 0 bridgehead atoms. The summed E-state index contributed by atoms with van der Waals surface area (Å²) in [5.41, 5.74) is 2.96. The standard InChI is InChI=1S/C22H26N4OS2/c1-16-11-17(2)13-19(12-16)27-20-6-5-18(15-23)14-21(20)29-26-9-7-25(8-10-26)22(28)24(3)4/h5-6,11-14H,7-10H2,1-4H3. The SMILES string of the molecule is Cc1cc(C)cc(Oc2ccc(C#N)cc2SN2CCN(C(=S)N(C)C)CC2)c1. The molecule has 1 aliphatic heterocycles. The van der Waals surface area contributed by atoms with Crippen LogP contribution >= 0.6 is 24.2 Å². The minimum atomic E-state index is 0.632. The zero-order valence-corrected chi connectivity index (χ0v) is 18.9. The van der Waals surface area contributed by atoms with E-state index in [1.54, 1.807) is 18.0 Å². The Balaban J connectivity index is 1.75. The van der Waals surface area contributed by atoms with Gasteiger partial charge < -0.3 is 14.5 Å². The van der Waals surface area contributed by atoms with E-state index in [0.29, 0.717) is 5.56 Å². The second-order valence-corrected chi connectivity index (χ2v) is 8.89. The Labute approximate surface area is 183 Å². The quantitative estimate of drug-likeness (QED) is 0.529. The summed E-state index contributed by atoms with van der Waals surface area (Å²) in [5.74, 6) is 1.58. The molecule has 3 rings (SSSR count). The van der Waals surface area contributed by atoms with Gasteiger partial charge in [0, 0.05) is 40.3 Å². The summed E-state index contributed by atoms with van der Waals surface area (Å²) in [7, 11) is 3.96. The first kappa shape index (κ1) is 21.4. The molecule has 152 valence electrons. The molecule has 7 heteroatoms. The van der Waals surface area contributed by atoms with Crippen molar-refractivity contribution >= 4 is 29.3 Å². The molecule has 0 aliphatic carbocycles. The van der Waals surface area contributed by atoms with Crippen LogP contribution in [0.1, 0.15) is 16.7 Å². The van der Waals surface area contributed by atoms with Gasteiger partial charge in [-0.3, -0.25) is 0 Å². The molecule has 1 saturated heterocycles. The summed E-state index contributed by atoms with van der Waals surface area (Å²) in [6.45, 7) is 7.67. The lowest BCUT2D eigenvalue weighted by Gasteiger charge is -2.37. The van der Waals surface area contributed by atoms with Crippen LogP contribution in [0.5, 0.6) is 11.5 Å². The molecule has 1 fully saturated rings. The highest BCUT2D eigenvalue weighted by molar-refractivity contribution is 7.97. The molecule has 0 aromatic heterocycles. The maximum absolute atomic E-state index is 9.33. The molecule has 2 aromatic rings. The average Bonchev–Trinajstić information content (AvgIpc) is 2.68. The van der Waals surface area contributed by atoms with E-state index in [4.69, 9.17) is 17.0 Å². The number of ether oxygens (including phenoxy) is 1. The van der Waals surface area contributed by atoms with Gasteiger partial charge >= 0.3 is 0 Å². The van der Waals surface area contributed by atoms with Gasteiger partial charge in [0.25, 0.3) is 0 Å². The van der Waals surface area contributed by atoms with Gasteiger partial charge in [0.1, 0.15) is 11.5 Å². The molecule has 0 N–H and O–H groups in total. The van der Waals surface area contributed by atoms with E-state index in [1.807, 2.05) is 43.3 Å². The monoisotopic (exact) mass is 426 g/mol. The van der Waals surface area contributed by atoms with Crippen LogP contribution in [0.4, 0.5) is 0 Å². The Kier molecular flexibility index (Phi) is 7.01. The fourth-order valence-electron chi connectivity index (χ4n) is 3.24. The van der Waals surface area contributed by atoms with Crippen molar-refractivity contribution in [2.45, 2.75) is 18.7 Å². The lowest BCUT2D eigenvalue weighted by molar-refractivity contribution is 0.266. The molecule has 1 heterocycles. The third-order valence-corrected chi connectivity index (χ3v) is 6.38. The summed E-state index contributed by atoms with van der Waals surface area (Å²) in [6, 6.07) is 14.0. The first-order valence-electron chi connectivity index (χ1n) is 9.55. The lowest BCUT2D eigenvalue weighted by Crippen LogP contribution is -2.49. The largest absolute Gasteiger partial charge is 0.456 e. The predicted octanol–water partition coefficient (Wildman–Crippen LogP) is 4.44. The second-order valence-electron chi connectivity index (χ2n) is 7.38. The molecule has 0 atom stereocenters. The van der Waals surface area contributed by atoms with Crippen molar-refractivity contribution < 1.29 is 4.74 Å². The van der Waals surface area contributed by atoms with Crippen LogP contribution < -0.4 is 4.74 Å².